The van der Waals surface area contributed by atoms with Crippen LogP contribution in [0.2, 0.25) is 0 Å². The smallest absolute Gasteiger partial charge is 0.310 e. The van der Waals surface area contributed by atoms with E-state index in [2.05, 4.69) is 0 Å². The van der Waals surface area contributed by atoms with Crippen LogP contribution in [0.1, 0.15) is 40.5 Å². The molecule has 0 aliphatic heterocycles. The van der Waals surface area contributed by atoms with E-state index in [1.807, 2.05) is 13.8 Å². The summed E-state index contributed by atoms with van der Waals surface area (Å²) in [6.07, 6.45) is 1.54. The molecular weight excluding hydrogens is 208 g/mol. The van der Waals surface area contributed by atoms with Crippen molar-refractivity contribution in [2.45, 2.75) is 40.5 Å². The Bertz CT molecular complexity index is 293. The number of rotatable bonds is 2. The van der Waals surface area contributed by atoms with E-state index < -0.39 is 22.8 Å². The van der Waals surface area contributed by atoms with Gasteiger partial charge in [-0.25, -0.2) is 0 Å². The zero-order valence-corrected chi connectivity index (χ0v) is 10.3. The third kappa shape index (κ3) is 1.35. The molecule has 92 valence electrons. The van der Waals surface area contributed by atoms with Crippen molar-refractivity contribution in [3.63, 3.8) is 0 Å². The molecule has 16 heavy (non-hydrogen) atoms. The molecule has 1 fully saturated rings. The Balaban J connectivity index is 3.36. The molecule has 4 heteroatoms. The molecule has 0 aromatic rings. The summed E-state index contributed by atoms with van der Waals surface area (Å²) in [5.74, 6) is -2.25. The third-order valence-corrected chi connectivity index (χ3v) is 4.97. The van der Waals surface area contributed by atoms with Crippen LogP contribution in [0.5, 0.6) is 0 Å². The Morgan fingerprint density at radius 2 is 1.19 bits per heavy atom. The van der Waals surface area contributed by atoms with Crippen LogP contribution in [-0.2, 0) is 9.59 Å². The molecule has 0 radical (unpaired) electrons. The minimum atomic E-state index is -1.20. The first-order valence-electron chi connectivity index (χ1n) is 5.65. The van der Waals surface area contributed by atoms with Crippen LogP contribution in [0, 0.1) is 22.7 Å². The first-order chi connectivity index (χ1) is 7.19. The molecule has 0 amide bonds. The second-order valence-electron chi connectivity index (χ2n) is 5.39. The summed E-state index contributed by atoms with van der Waals surface area (Å²) in [7, 11) is 0. The number of hydrogen-bond acceptors (Lipinski definition) is 2. The highest BCUT2D eigenvalue weighted by atomic mass is 16.4. The van der Waals surface area contributed by atoms with Crippen molar-refractivity contribution in [3.8, 4) is 0 Å². The fourth-order valence-electron chi connectivity index (χ4n) is 2.97. The van der Waals surface area contributed by atoms with E-state index in [1.165, 1.54) is 0 Å². The van der Waals surface area contributed by atoms with Crippen molar-refractivity contribution < 1.29 is 19.8 Å². The van der Waals surface area contributed by atoms with Crippen LogP contribution < -0.4 is 0 Å². The maximum absolute atomic E-state index is 11.5. The number of carbonyl (C=O) groups is 2. The minimum absolute atomic E-state index is 0.123. The van der Waals surface area contributed by atoms with Crippen LogP contribution in [0.15, 0.2) is 0 Å². The molecule has 0 aromatic carbocycles. The number of hydrogen-bond donors (Lipinski definition) is 2. The van der Waals surface area contributed by atoms with Gasteiger partial charge in [-0.1, -0.05) is 13.8 Å². The maximum atomic E-state index is 11.5. The van der Waals surface area contributed by atoms with Crippen molar-refractivity contribution in [3.05, 3.63) is 0 Å². The zero-order valence-electron chi connectivity index (χ0n) is 10.3. The lowest BCUT2D eigenvalue weighted by atomic mass is 9.49. The summed E-state index contributed by atoms with van der Waals surface area (Å²) < 4.78 is 0. The van der Waals surface area contributed by atoms with Gasteiger partial charge in [0.15, 0.2) is 0 Å². The van der Waals surface area contributed by atoms with Gasteiger partial charge in [0.2, 0.25) is 0 Å². The van der Waals surface area contributed by atoms with E-state index >= 15 is 0 Å². The van der Waals surface area contributed by atoms with E-state index in [0.29, 0.717) is 0 Å². The average molecular weight is 228 g/mol. The molecule has 1 saturated carbocycles. The SMILES string of the molecule is CC1CCC(C)C(C)(C(=O)O)C1(C)C(=O)O. The first kappa shape index (κ1) is 13.0. The van der Waals surface area contributed by atoms with Gasteiger partial charge < -0.3 is 10.2 Å². The second kappa shape index (κ2) is 3.75. The second-order valence-corrected chi connectivity index (χ2v) is 5.39. The summed E-state index contributed by atoms with van der Waals surface area (Å²) in [4.78, 5) is 23.0. The van der Waals surface area contributed by atoms with Gasteiger partial charge >= 0.3 is 11.9 Å². The van der Waals surface area contributed by atoms with E-state index in [1.54, 1.807) is 13.8 Å². The number of carboxylic acid groups (broad SMARTS) is 2. The Labute approximate surface area is 95.7 Å². The predicted octanol–water partition coefficient (Wildman–Crippen LogP) is 2.23. The average Bonchev–Trinajstić information content (AvgIpc) is 2.20. The standard InChI is InChI=1S/C12H20O4/c1-7-5-6-8(2)12(4,10(15)16)11(7,3)9(13)14/h7-8H,5-6H2,1-4H3,(H,13,14)(H,15,16). The Hall–Kier alpha value is -1.06. The molecule has 1 aliphatic carbocycles. The van der Waals surface area contributed by atoms with Crippen LogP contribution in [-0.4, -0.2) is 22.2 Å². The highest BCUT2D eigenvalue weighted by Gasteiger charge is 2.62. The molecular formula is C12H20O4. The van der Waals surface area contributed by atoms with Crippen molar-refractivity contribution >= 4 is 11.9 Å². The molecule has 4 nitrogen and oxygen atoms in total. The lowest BCUT2D eigenvalue weighted by Crippen LogP contribution is -2.58. The lowest BCUT2D eigenvalue weighted by Gasteiger charge is -2.51. The van der Waals surface area contributed by atoms with Crippen molar-refractivity contribution in [1.29, 1.82) is 0 Å². The first-order valence-corrected chi connectivity index (χ1v) is 5.65. The predicted molar refractivity (Wildman–Crippen MR) is 59.0 cm³/mol. The van der Waals surface area contributed by atoms with Gasteiger partial charge in [0.05, 0.1) is 10.8 Å². The molecule has 2 N–H and O–H groups in total. The molecule has 0 bridgehead atoms. The normalized spacial score (nSPS) is 44.0. The fourth-order valence-corrected chi connectivity index (χ4v) is 2.97. The molecule has 0 heterocycles. The zero-order chi connectivity index (χ0) is 12.7. The highest BCUT2D eigenvalue weighted by molar-refractivity contribution is 5.86. The Morgan fingerprint density at radius 3 is 1.38 bits per heavy atom. The summed E-state index contributed by atoms with van der Waals surface area (Å²) in [6.45, 7) is 6.82. The quantitative estimate of drug-likeness (QED) is 0.760. The molecule has 0 saturated heterocycles. The molecule has 4 unspecified atom stereocenters. The van der Waals surface area contributed by atoms with Gasteiger partial charge in [-0.05, 0) is 38.5 Å². The summed E-state index contributed by atoms with van der Waals surface area (Å²) in [5.41, 5.74) is -2.40. The molecule has 4 atom stereocenters. The van der Waals surface area contributed by atoms with Gasteiger partial charge in [0.25, 0.3) is 0 Å². The van der Waals surface area contributed by atoms with Crippen molar-refractivity contribution in [2.75, 3.05) is 0 Å². The van der Waals surface area contributed by atoms with Gasteiger partial charge in [-0.15, -0.1) is 0 Å². The van der Waals surface area contributed by atoms with E-state index in [0.717, 1.165) is 12.8 Å². The van der Waals surface area contributed by atoms with Gasteiger partial charge in [-0.3, -0.25) is 9.59 Å². The van der Waals surface area contributed by atoms with Crippen LogP contribution in [0.3, 0.4) is 0 Å². The fraction of sp³-hybridized carbons (Fsp3) is 0.833. The van der Waals surface area contributed by atoms with Crippen LogP contribution in [0.4, 0.5) is 0 Å². The molecule has 0 spiro atoms. The minimum Gasteiger partial charge on any atom is -0.481 e. The lowest BCUT2D eigenvalue weighted by molar-refractivity contribution is -0.188. The van der Waals surface area contributed by atoms with E-state index in [4.69, 9.17) is 0 Å². The van der Waals surface area contributed by atoms with Crippen molar-refractivity contribution in [1.82, 2.24) is 0 Å². The van der Waals surface area contributed by atoms with Gasteiger partial charge in [0.1, 0.15) is 0 Å². The Kier molecular flexibility index (Phi) is 3.05. The molecule has 0 aromatic heterocycles. The summed E-state index contributed by atoms with van der Waals surface area (Å²) >= 11 is 0. The largest absolute Gasteiger partial charge is 0.481 e. The third-order valence-electron chi connectivity index (χ3n) is 4.97. The number of carboxylic acids is 2. The van der Waals surface area contributed by atoms with Crippen LogP contribution >= 0.6 is 0 Å². The van der Waals surface area contributed by atoms with Gasteiger partial charge in [-0.2, -0.15) is 0 Å². The monoisotopic (exact) mass is 228 g/mol. The number of aliphatic carboxylic acids is 2. The van der Waals surface area contributed by atoms with Crippen LogP contribution in [0.25, 0.3) is 0 Å². The molecule has 1 aliphatic rings. The maximum Gasteiger partial charge on any atom is 0.310 e. The van der Waals surface area contributed by atoms with E-state index in [-0.39, 0.29) is 11.8 Å². The highest BCUT2D eigenvalue weighted by Crippen LogP contribution is 2.56. The van der Waals surface area contributed by atoms with Gasteiger partial charge in [0, 0.05) is 0 Å². The summed E-state index contributed by atoms with van der Waals surface area (Å²) in [5, 5.41) is 18.8. The van der Waals surface area contributed by atoms with Crippen molar-refractivity contribution in [2.24, 2.45) is 22.7 Å². The molecule has 1 rings (SSSR count). The van der Waals surface area contributed by atoms with E-state index in [9.17, 15) is 19.8 Å². The Morgan fingerprint density at radius 1 is 0.938 bits per heavy atom. The topological polar surface area (TPSA) is 74.6 Å². The summed E-state index contributed by atoms with van der Waals surface area (Å²) in [6, 6.07) is 0.